The quantitative estimate of drug-likeness (QED) is 0.245. The fraction of sp³-hybridized carbons (Fsp3) is 0.583. The van der Waals surface area contributed by atoms with E-state index >= 15 is 0 Å². The van der Waals surface area contributed by atoms with Crippen LogP contribution in [0.3, 0.4) is 0 Å². The van der Waals surface area contributed by atoms with Gasteiger partial charge in [-0.3, -0.25) is 4.79 Å². The van der Waals surface area contributed by atoms with E-state index in [1.54, 1.807) is 17.0 Å². The second-order valence-electron chi connectivity index (χ2n) is 10.1. The van der Waals surface area contributed by atoms with E-state index in [1.807, 2.05) is 0 Å². The zero-order valence-corrected chi connectivity index (χ0v) is 19.6. The predicted octanol–water partition coefficient (Wildman–Crippen LogP) is -0.458. The van der Waals surface area contributed by atoms with Crippen LogP contribution in [-0.4, -0.2) is 77.0 Å². The first-order chi connectivity index (χ1) is 16.8. The van der Waals surface area contributed by atoms with E-state index in [9.17, 15) is 24.7 Å². The third kappa shape index (κ3) is 4.59. The number of quaternary nitrogens is 1. The summed E-state index contributed by atoms with van der Waals surface area (Å²) in [6, 6.07) is 3.75. The monoisotopic (exact) mass is 485 g/mol. The van der Waals surface area contributed by atoms with Crippen molar-refractivity contribution in [1.82, 2.24) is 10.2 Å². The molecule has 0 spiro atoms. The number of fused-ring (bicyclic) bond motifs is 3. The molecule has 5 rings (SSSR count). The van der Waals surface area contributed by atoms with Gasteiger partial charge in [0.1, 0.15) is 17.4 Å². The first kappa shape index (κ1) is 23.9. The van der Waals surface area contributed by atoms with Gasteiger partial charge in [0.25, 0.3) is 0 Å². The summed E-state index contributed by atoms with van der Waals surface area (Å²) in [5, 5.41) is 33.8. The first-order valence-corrected chi connectivity index (χ1v) is 12.4. The van der Waals surface area contributed by atoms with Crippen molar-refractivity contribution < 1.29 is 39.9 Å². The number of carbonyl (C=O) groups is 2. The number of nitrogens with zero attached hydrogens (tertiary/aromatic N) is 1. The largest absolute Gasteiger partial charge is 0.668 e. The van der Waals surface area contributed by atoms with E-state index < -0.39 is 24.5 Å². The van der Waals surface area contributed by atoms with Gasteiger partial charge in [0.2, 0.25) is 5.91 Å². The second-order valence-corrected chi connectivity index (χ2v) is 10.1. The number of carboxylic acids is 1. The molecule has 1 aromatic carbocycles. The van der Waals surface area contributed by atoms with Gasteiger partial charge in [-0.15, -0.1) is 5.92 Å². The summed E-state index contributed by atoms with van der Waals surface area (Å²) >= 11 is 0. The lowest BCUT2D eigenvalue weighted by Gasteiger charge is -2.47. The van der Waals surface area contributed by atoms with Crippen molar-refractivity contribution in [2.45, 2.75) is 56.0 Å². The molecule has 2 atom stereocenters. The van der Waals surface area contributed by atoms with E-state index in [2.05, 4.69) is 22.9 Å². The molecule has 4 aliphatic rings. The lowest BCUT2D eigenvalue weighted by Crippen LogP contribution is -2.56. The lowest BCUT2D eigenvalue weighted by atomic mass is 9.52. The molecule has 2 aliphatic carbocycles. The number of ether oxygens (including phenoxy) is 1. The molecule has 0 bridgehead atoms. The number of benzene rings is 1. The number of rotatable bonds is 8. The van der Waals surface area contributed by atoms with Crippen molar-refractivity contribution in [2.24, 2.45) is 5.92 Å². The number of nitrogens with one attached hydrogen (secondary N) is 1. The van der Waals surface area contributed by atoms with Crippen LogP contribution in [0.1, 0.15) is 53.9 Å². The SMILES string of the molecule is [NH3+]CCN[C@H]1CC[C@H](CC(=O)N2CC(Oc3ccc4c(c3C(=O)O)O[B-](O)(O)[C@@H]3C#C[C@H]43)C2)CC1. The smallest absolute Gasteiger partial charge is 0.446 e. The van der Waals surface area contributed by atoms with Crippen LogP contribution in [0.15, 0.2) is 12.1 Å². The molecule has 2 fully saturated rings. The number of hydrogen-bond acceptors (Lipinski definition) is 7. The molecule has 1 aromatic rings. The van der Waals surface area contributed by atoms with Gasteiger partial charge in [-0.05, 0) is 37.7 Å². The molecule has 0 radical (unpaired) electrons. The summed E-state index contributed by atoms with van der Waals surface area (Å²) in [6.45, 7) is -0.697. The molecule has 0 aromatic heterocycles. The fourth-order valence-corrected chi connectivity index (χ4v) is 5.54. The molecule has 1 amide bonds. The summed E-state index contributed by atoms with van der Waals surface area (Å²) in [4.78, 5) is 26.5. The van der Waals surface area contributed by atoms with Gasteiger partial charge in [-0.25, -0.2) is 4.79 Å². The Morgan fingerprint density at radius 2 is 1.94 bits per heavy atom. The molecule has 2 aliphatic heterocycles. The first-order valence-electron chi connectivity index (χ1n) is 12.4. The van der Waals surface area contributed by atoms with Crippen LogP contribution in [0.4, 0.5) is 0 Å². The van der Waals surface area contributed by atoms with E-state index in [1.165, 1.54) is 0 Å². The number of likely N-dealkylation sites (tertiary alicyclic amines) is 1. The van der Waals surface area contributed by atoms with Crippen LogP contribution >= 0.6 is 0 Å². The molecule has 0 unspecified atom stereocenters. The molecule has 7 N–H and O–H groups in total. The van der Waals surface area contributed by atoms with Crippen LogP contribution in [-0.2, 0) is 4.79 Å². The van der Waals surface area contributed by atoms with Gasteiger partial charge < -0.3 is 40.5 Å². The maximum Gasteiger partial charge on any atom is 0.446 e. The second kappa shape index (κ2) is 9.35. The normalized spacial score (nSPS) is 28.3. The van der Waals surface area contributed by atoms with Gasteiger partial charge in [0, 0.05) is 36.3 Å². The minimum Gasteiger partial charge on any atom is -0.668 e. The average Bonchev–Trinajstić information content (AvgIpc) is 2.74. The minimum absolute atomic E-state index is 0.0822. The highest BCUT2D eigenvalue weighted by Gasteiger charge is 2.48. The number of aromatic carboxylic acids is 1. The highest BCUT2D eigenvalue weighted by Crippen LogP contribution is 2.51. The molecule has 1 saturated heterocycles. The van der Waals surface area contributed by atoms with Crippen LogP contribution in [0.2, 0.25) is 5.82 Å². The Bertz CT molecular complexity index is 1070. The van der Waals surface area contributed by atoms with Crippen molar-refractivity contribution in [1.29, 1.82) is 0 Å². The zero-order chi connectivity index (χ0) is 24.7. The van der Waals surface area contributed by atoms with Crippen LogP contribution in [0, 0.1) is 17.8 Å². The molecule has 11 heteroatoms. The molecule has 188 valence electrons. The number of carboxylic acid groups (broad SMARTS) is 1. The average molecular weight is 485 g/mol. The Hall–Kier alpha value is -2.78. The Labute approximate surface area is 203 Å². The van der Waals surface area contributed by atoms with Gasteiger partial charge in [0.15, 0.2) is 0 Å². The number of amides is 1. The molecule has 1 saturated carbocycles. The third-order valence-electron chi connectivity index (χ3n) is 7.64. The maximum atomic E-state index is 12.7. The minimum atomic E-state index is -3.28. The fourth-order valence-electron chi connectivity index (χ4n) is 5.54. The number of carbonyl (C=O) groups excluding carboxylic acids is 1. The van der Waals surface area contributed by atoms with Crippen molar-refractivity contribution in [3.8, 4) is 23.3 Å². The van der Waals surface area contributed by atoms with Gasteiger partial charge >= 0.3 is 12.7 Å². The topological polar surface area (TPSA) is 156 Å². The highest BCUT2D eigenvalue weighted by atomic mass is 16.6. The summed E-state index contributed by atoms with van der Waals surface area (Å²) in [7, 11) is 0. The Balaban J connectivity index is 1.17. The van der Waals surface area contributed by atoms with Gasteiger partial charge in [-0.2, -0.15) is 0 Å². The van der Waals surface area contributed by atoms with E-state index in [-0.39, 0.29) is 29.1 Å². The highest BCUT2D eigenvalue weighted by molar-refractivity contribution is 6.62. The van der Waals surface area contributed by atoms with E-state index in [0.29, 0.717) is 37.0 Å². The molecule has 2 heterocycles. The number of hydrogen-bond donors (Lipinski definition) is 5. The van der Waals surface area contributed by atoms with Crippen LogP contribution < -0.4 is 20.4 Å². The summed E-state index contributed by atoms with van der Waals surface area (Å²) in [5.74, 6) is 3.48. The standard InChI is InChI=1S/C24H31BN3O7/c26-9-10-27-15-3-1-14(2-4-15)11-21(29)28-12-16(13-28)34-20-8-6-18-17-5-7-19(17)25(32,33)35-23(18)22(20)24(30)31/h6,8,14-17,19,27,32-33H,1-4,9-13,26H2,(H,30,31)/q-1/p+1/t14-,15-,17-,19-/m1/s1. The Kier molecular flexibility index (Phi) is 6.40. The predicted molar refractivity (Wildman–Crippen MR) is 126 cm³/mol. The summed E-state index contributed by atoms with van der Waals surface area (Å²) < 4.78 is 11.2. The zero-order valence-electron chi connectivity index (χ0n) is 19.6. The van der Waals surface area contributed by atoms with E-state index in [4.69, 9.17) is 9.39 Å². The van der Waals surface area contributed by atoms with Crippen molar-refractivity contribution >= 4 is 18.6 Å². The molecule has 35 heavy (non-hydrogen) atoms. The molecule has 10 nitrogen and oxygen atoms in total. The lowest BCUT2D eigenvalue weighted by molar-refractivity contribution is -0.365. The molecular formula is C24H32BN3O7. The maximum absolute atomic E-state index is 12.7. The molecular weight excluding hydrogens is 453 g/mol. The third-order valence-corrected chi connectivity index (χ3v) is 7.64. The van der Waals surface area contributed by atoms with Crippen molar-refractivity contribution in [2.75, 3.05) is 26.2 Å². The van der Waals surface area contributed by atoms with Gasteiger partial charge in [-0.1, -0.05) is 12.0 Å². The van der Waals surface area contributed by atoms with Crippen molar-refractivity contribution in [3.05, 3.63) is 23.3 Å². The van der Waals surface area contributed by atoms with Gasteiger partial charge in [0.05, 0.1) is 25.4 Å². The summed E-state index contributed by atoms with van der Waals surface area (Å²) in [6.07, 6.45) is 4.44. The Morgan fingerprint density at radius 1 is 1.20 bits per heavy atom. The van der Waals surface area contributed by atoms with Crippen molar-refractivity contribution in [3.63, 3.8) is 0 Å². The van der Waals surface area contributed by atoms with Crippen LogP contribution in [0.5, 0.6) is 11.5 Å². The van der Waals surface area contributed by atoms with Crippen LogP contribution in [0.25, 0.3) is 0 Å². The van der Waals surface area contributed by atoms with E-state index in [0.717, 1.165) is 38.8 Å². The Morgan fingerprint density at radius 3 is 2.57 bits per heavy atom. The summed E-state index contributed by atoms with van der Waals surface area (Å²) in [5.41, 5.74) is 4.12.